The number of piperazine rings is 1. The molecule has 2 amide bonds. The average molecular weight is 984 g/mol. The number of amidine groups is 1. The highest BCUT2D eigenvalue weighted by Gasteiger charge is 2.42. The Labute approximate surface area is 413 Å². The van der Waals surface area contributed by atoms with Gasteiger partial charge in [0.25, 0.3) is 5.91 Å². The lowest BCUT2D eigenvalue weighted by Crippen LogP contribution is -2.49. The van der Waals surface area contributed by atoms with Gasteiger partial charge in [-0.1, -0.05) is 25.5 Å². The second-order valence-electron chi connectivity index (χ2n) is 20.3. The summed E-state index contributed by atoms with van der Waals surface area (Å²) in [5.74, 6) is 0.612. The highest BCUT2D eigenvalue weighted by atomic mass is 19.4. The van der Waals surface area contributed by atoms with Crippen LogP contribution in [0.4, 0.5) is 18.9 Å². The van der Waals surface area contributed by atoms with Gasteiger partial charge >= 0.3 is 11.9 Å². The van der Waals surface area contributed by atoms with Crippen LogP contribution in [0, 0.1) is 16.7 Å². The molecule has 0 aliphatic carbocycles. The molecule has 19 heteroatoms. The zero-order valence-corrected chi connectivity index (χ0v) is 41.0. The maximum atomic E-state index is 14.6. The van der Waals surface area contributed by atoms with Crippen LogP contribution in [0.3, 0.4) is 0 Å². The van der Waals surface area contributed by atoms with Gasteiger partial charge in [0, 0.05) is 121 Å². The first-order chi connectivity index (χ1) is 34.2. The van der Waals surface area contributed by atoms with Crippen molar-refractivity contribution in [1.82, 2.24) is 39.0 Å². The van der Waals surface area contributed by atoms with Crippen LogP contribution in [0.25, 0.3) is 11.2 Å². The number of aromatic nitrogens is 2. The first-order valence-corrected chi connectivity index (χ1v) is 25.3. The number of benzene rings is 2. The molecule has 0 radical (unpaired) electrons. The molecule has 5 aliphatic heterocycles. The lowest BCUT2D eigenvalue weighted by atomic mass is 9.75. The van der Waals surface area contributed by atoms with Crippen LogP contribution >= 0.6 is 0 Å². The van der Waals surface area contributed by atoms with Crippen molar-refractivity contribution in [3.63, 3.8) is 0 Å². The number of piperidine rings is 2. The Morgan fingerprint density at radius 3 is 2.37 bits per heavy atom. The Balaban J connectivity index is 0.705. The number of nitrogens with zero attached hydrogens (tertiary/aromatic N) is 8. The lowest BCUT2D eigenvalue weighted by Gasteiger charge is -2.42. The number of carbonyl (C=O) groups excluding carboxylic acids is 2. The van der Waals surface area contributed by atoms with Gasteiger partial charge in [0.1, 0.15) is 5.84 Å². The summed E-state index contributed by atoms with van der Waals surface area (Å²) >= 11 is 0. The number of carbonyl (C=O) groups is 2. The lowest BCUT2D eigenvalue weighted by molar-refractivity contribution is -0.136. The molecular weight excluding hydrogens is 916 g/mol. The molecule has 71 heavy (non-hydrogen) atoms. The Morgan fingerprint density at radius 2 is 1.68 bits per heavy atom. The quantitative estimate of drug-likeness (QED) is 0.0802. The number of anilines is 1. The van der Waals surface area contributed by atoms with Crippen LogP contribution in [0.15, 0.2) is 65.7 Å². The summed E-state index contributed by atoms with van der Waals surface area (Å²) in [6.45, 7) is 13.4. The number of hydrogen-bond donors (Lipinski definition) is 3. The highest BCUT2D eigenvalue weighted by molar-refractivity contribution is 5.99. The van der Waals surface area contributed by atoms with E-state index in [1.807, 2.05) is 25.1 Å². The molecule has 9 rings (SSSR count). The summed E-state index contributed by atoms with van der Waals surface area (Å²) < 4.78 is 58.2. The SMILES string of the molecule is CCCCC(=O)NN1Cc2cc(N3CCC(CN4CCN(CCOC5CCN(Cc6cc(C(F)(F)F)c7cn(-c8cccc(C9(CC(=N)N(C)C=N)COC9)c8)c(=O)n7c6)CC5)CC4)CC3)ccc2C1=O. The van der Waals surface area contributed by atoms with E-state index >= 15 is 0 Å². The maximum Gasteiger partial charge on any atom is 0.418 e. The number of hydrazine groups is 1. The molecule has 5 aliphatic rings. The van der Waals surface area contributed by atoms with Gasteiger partial charge in [-0.05, 0) is 91.1 Å². The van der Waals surface area contributed by atoms with Crippen molar-refractivity contribution in [2.45, 2.75) is 89.1 Å². The number of ether oxygens (including phenoxy) is 2. The topological polar surface area (TPSA) is 158 Å². The molecule has 4 aromatic rings. The summed E-state index contributed by atoms with van der Waals surface area (Å²) in [5.41, 5.74) is 4.97. The van der Waals surface area contributed by atoms with Crippen LogP contribution in [0.1, 0.15) is 90.9 Å². The van der Waals surface area contributed by atoms with Gasteiger partial charge in [-0.3, -0.25) is 44.6 Å². The summed E-state index contributed by atoms with van der Waals surface area (Å²) in [7, 11) is 1.63. The fourth-order valence-corrected chi connectivity index (χ4v) is 10.9. The van der Waals surface area contributed by atoms with Crippen LogP contribution in [0.2, 0.25) is 0 Å². The van der Waals surface area contributed by atoms with Crippen LogP contribution < -0.4 is 16.0 Å². The van der Waals surface area contributed by atoms with Crippen molar-refractivity contribution in [2.75, 3.05) is 97.2 Å². The third-order valence-corrected chi connectivity index (χ3v) is 15.3. The monoisotopic (exact) mass is 984 g/mol. The minimum atomic E-state index is -4.68. The van der Waals surface area contributed by atoms with Gasteiger partial charge in [0.05, 0.1) is 55.6 Å². The number of halogens is 3. The summed E-state index contributed by atoms with van der Waals surface area (Å²) in [4.78, 5) is 50.1. The van der Waals surface area contributed by atoms with Gasteiger partial charge < -0.3 is 24.2 Å². The molecule has 0 spiro atoms. The second kappa shape index (κ2) is 21.6. The van der Waals surface area contributed by atoms with Crippen molar-refractivity contribution in [1.29, 1.82) is 10.8 Å². The minimum absolute atomic E-state index is 0.0872. The molecule has 2 aromatic heterocycles. The van der Waals surface area contributed by atoms with Crippen LogP contribution in [0.5, 0.6) is 0 Å². The average Bonchev–Trinajstić information content (AvgIpc) is 3.86. The van der Waals surface area contributed by atoms with E-state index in [1.54, 1.807) is 25.2 Å². The smallest absolute Gasteiger partial charge is 0.379 e. The van der Waals surface area contributed by atoms with E-state index < -0.39 is 22.8 Å². The summed E-state index contributed by atoms with van der Waals surface area (Å²) in [6.07, 6.45) is 5.51. The van der Waals surface area contributed by atoms with Crippen molar-refractivity contribution >= 4 is 35.2 Å². The van der Waals surface area contributed by atoms with E-state index in [-0.39, 0.29) is 35.8 Å². The zero-order valence-electron chi connectivity index (χ0n) is 41.0. The molecule has 2 aromatic carbocycles. The fourth-order valence-electron chi connectivity index (χ4n) is 10.9. The molecule has 16 nitrogen and oxygen atoms in total. The van der Waals surface area contributed by atoms with Gasteiger partial charge in [0.2, 0.25) is 5.91 Å². The predicted octanol–water partition coefficient (Wildman–Crippen LogP) is 5.98. The van der Waals surface area contributed by atoms with Gasteiger partial charge in [0.15, 0.2) is 0 Å². The molecule has 382 valence electrons. The number of fused-ring (bicyclic) bond motifs is 2. The first kappa shape index (κ1) is 50.3. The Kier molecular flexibility index (Phi) is 15.3. The molecule has 3 N–H and O–H groups in total. The zero-order chi connectivity index (χ0) is 49.9. The van der Waals surface area contributed by atoms with Gasteiger partial charge in [-0.2, -0.15) is 13.2 Å². The van der Waals surface area contributed by atoms with E-state index in [0.29, 0.717) is 75.0 Å². The summed E-state index contributed by atoms with van der Waals surface area (Å²) in [6, 6.07) is 14.4. The van der Waals surface area contributed by atoms with E-state index in [0.717, 1.165) is 118 Å². The number of imidazole rings is 1. The van der Waals surface area contributed by atoms with Crippen molar-refractivity contribution in [2.24, 2.45) is 5.92 Å². The van der Waals surface area contributed by atoms with E-state index in [4.69, 9.17) is 20.3 Å². The number of amides is 2. The highest BCUT2D eigenvalue weighted by Crippen LogP contribution is 2.38. The molecular formula is C52H68F3N11O5. The van der Waals surface area contributed by atoms with Crippen LogP contribution in [-0.2, 0) is 38.9 Å². The Hall–Kier alpha value is -5.60. The van der Waals surface area contributed by atoms with E-state index in [2.05, 4.69) is 31.1 Å². The van der Waals surface area contributed by atoms with Crippen LogP contribution in [-0.4, -0.2) is 156 Å². The largest absolute Gasteiger partial charge is 0.418 e. The normalized spacial score (nSPS) is 19.5. The molecule has 0 atom stereocenters. The van der Waals surface area contributed by atoms with Crippen molar-refractivity contribution in [3.05, 3.63) is 99.2 Å². The molecule has 0 unspecified atom stereocenters. The molecule has 7 heterocycles. The second-order valence-corrected chi connectivity index (χ2v) is 20.3. The number of pyridine rings is 1. The number of unbranched alkanes of at least 4 members (excludes halogenated alkanes) is 1. The van der Waals surface area contributed by atoms with E-state index in [9.17, 15) is 27.6 Å². The molecule has 0 bridgehead atoms. The Bertz CT molecular complexity index is 2620. The number of nitrogens with one attached hydrogen (secondary N) is 3. The third-order valence-electron chi connectivity index (χ3n) is 15.3. The number of hydrogen-bond acceptors (Lipinski definition) is 11. The van der Waals surface area contributed by atoms with Gasteiger partial charge in [-0.25, -0.2) is 9.80 Å². The number of rotatable bonds is 18. The molecule has 4 saturated heterocycles. The first-order valence-electron chi connectivity index (χ1n) is 25.3. The number of alkyl halides is 3. The van der Waals surface area contributed by atoms with Crippen molar-refractivity contribution in [3.8, 4) is 5.69 Å². The predicted molar refractivity (Wildman–Crippen MR) is 265 cm³/mol. The molecule has 0 saturated carbocycles. The van der Waals surface area contributed by atoms with E-state index in [1.165, 1.54) is 32.9 Å². The minimum Gasteiger partial charge on any atom is -0.379 e. The maximum absolute atomic E-state index is 14.6. The standard InChI is InChI=1S/C52H68F3N11O5/c1-3-4-8-48(67)58-66-32-39-26-41(9-10-44(39)49(66)68)63-17-11-37(12-18-63)29-62-21-19-60(20-22-62)23-24-71-43-13-15-61(16-14-43)30-38-25-45(52(53,54)55)46-33-64(50(69)65(46)31-38)42-7-5-6-40(27-42)51(34-70-35-51)28-47(57)59(2)36-56/h5-7,9-10,25-27,31,33,36-37,43,56-57H,3-4,8,11-24,28-30,32,34-35H2,1-2H3,(H,58,67). The summed E-state index contributed by atoms with van der Waals surface area (Å²) in [5, 5.41) is 17.4. The number of likely N-dealkylation sites (tertiary alicyclic amines) is 1. The fraction of sp³-hybridized carbons (Fsp3) is 0.558. The van der Waals surface area contributed by atoms with Gasteiger partial charge in [-0.15, -0.1) is 0 Å². The molecule has 4 fully saturated rings. The third kappa shape index (κ3) is 11.4. The van der Waals surface area contributed by atoms with Crippen molar-refractivity contribution < 1.29 is 32.2 Å². The Morgan fingerprint density at radius 1 is 0.930 bits per heavy atom.